The highest BCUT2D eigenvalue weighted by Crippen LogP contribution is 2.36. The largest absolute Gasteiger partial charge is 0.417 e. The minimum atomic E-state index is -4.52. The molecule has 0 aliphatic carbocycles. The zero-order valence-electron chi connectivity index (χ0n) is 15.1. The van der Waals surface area contributed by atoms with Gasteiger partial charge in [0.15, 0.2) is 0 Å². The molecule has 0 saturated heterocycles. The van der Waals surface area contributed by atoms with E-state index in [0.717, 1.165) is 23.0 Å². The Morgan fingerprint density at radius 3 is 2.67 bits per heavy atom. The Labute approximate surface area is 163 Å². The number of rotatable bonds is 6. The van der Waals surface area contributed by atoms with Crippen LogP contribution < -0.4 is 10.6 Å². The Kier molecular flexibility index (Phi) is 6.88. The first-order valence-corrected chi connectivity index (χ1v) is 8.86. The van der Waals surface area contributed by atoms with E-state index in [-0.39, 0.29) is 16.7 Å². The molecule has 0 atom stereocenters. The van der Waals surface area contributed by atoms with Crippen LogP contribution in [0.1, 0.15) is 22.5 Å². The van der Waals surface area contributed by atoms with Crippen LogP contribution in [-0.4, -0.2) is 29.5 Å². The van der Waals surface area contributed by atoms with Gasteiger partial charge in [-0.3, -0.25) is 4.68 Å². The maximum absolute atomic E-state index is 12.9. The fraction of sp³-hybridized carbons (Fsp3) is 0.412. The highest BCUT2D eigenvalue weighted by atomic mass is 79.9. The monoisotopic (exact) mass is 448 g/mol. The normalized spacial score (nSPS) is 11.5. The van der Waals surface area contributed by atoms with Crippen LogP contribution in [0.2, 0.25) is 0 Å². The van der Waals surface area contributed by atoms with Crippen LogP contribution in [0.3, 0.4) is 0 Å². The van der Waals surface area contributed by atoms with Crippen LogP contribution in [-0.2, 0) is 24.0 Å². The minimum absolute atomic E-state index is 0.0484. The van der Waals surface area contributed by atoms with Gasteiger partial charge in [-0.25, -0.2) is 4.79 Å². The molecule has 6 nitrogen and oxygen atoms in total. The highest BCUT2D eigenvalue weighted by molar-refractivity contribution is 9.10. The van der Waals surface area contributed by atoms with Gasteiger partial charge in [-0.05, 0) is 32.0 Å². The maximum atomic E-state index is 12.9. The Morgan fingerprint density at radius 2 is 2.04 bits per heavy atom. The number of nitrogens with one attached hydrogen (secondary N) is 2. The summed E-state index contributed by atoms with van der Waals surface area (Å²) in [7, 11) is 1.60. The van der Waals surface area contributed by atoms with Gasteiger partial charge in [-0.2, -0.15) is 18.3 Å². The zero-order chi connectivity index (χ0) is 20.2. The van der Waals surface area contributed by atoms with Gasteiger partial charge in [-0.15, -0.1) is 0 Å². The van der Waals surface area contributed by atoms with E-state index in [9.17, 15) is 18.0 Å². The van der Waals surface area contributed by atoms with Crippen molar-refractivity contribution in [2.45, 2.75) is 33.1 Å². The zero-order valence-corrected chi connectivity index (χ0v) is 16.7. The summed E-state index contributed by atoms with van der Waals surface area (Å²) in [5, 5.41) is 9.45. The summed E-state index contributed by atoms with van der Waals surface area (Å²) < 4.78 is 45.6. The maximum Gasteiger partial charge on any atom is 0.417 e. The van der Waals surface area contributed by atoms with Crippen molar-refractivity contribution in [2.24, 2.45) is 0 Å². The van der Waals surface area contributed by atoms with Gasteiger partial charge in [0, 0.05) is 35.1 Å². The fourth-order valence-electron chi connectivity index (χ4n) is 2.55. The summed E-state index contributed by atoms with van der Waals surface area (Å²) in [6.07, 6.45) is -4.52. The lowest BCUT2D eigenvalue weighted by Crippen LogP contribution is -2.28. The van der Waals surface area contributed by atoms with Crippen molar-refractivity contribution in [3.63, 3.8) is 0 Å². The van der Waals surface area contributed by atoms with E-state index in [4.69, 9.17) is 4.74 Å². The lowest BCUT2D eigenvalue weighted by molar-refractivity contribution is -0.138. The fourth-order valence-corrected chi connectivity index (χ4v) is 3.02. The molecule has 2 aromatic rings. The molecule has 27 heavy (non-hydrogen) atoms. The summed E-state index contributed by atoms with van der Waals surface area (Å²) >= 11 is 2.86. The van der Waals surface area contributed by atoms with Crippen molar-refractivity contribution in [3.05, 3.63) is 45.2 Å². The Bertz CT molecular complexity index is 821. The van der Waals surface area contributed by atoms with Crippen LogP contribution in [0.25, 0.3) is 0 Å². The number of halogens is 4. The highest BCUT2D eigenvalue weighted by Gasteiger charge is 2.33. The first-order chi connectivity index (χ1) is 12.6. The van der Waals surface area contributed by atoms with Gasteiger partial charge in [0.05, 0.1) is 24.4 Å². The van der Waals surface area contributed by atoms with Gasteiger partial charge in [0.25, 0.3) is 0 Å². The molecule has 148 valence electrons. The van der Waals surface area contributed by atoms with Crippen molar-refractivity contribution in [1.82, 2.24) is 15.1 Å². The Balaban J connectivity index is 2.02. The summed E-state index contributed by atoms with van der Waals surface area (Å²) in [6.45, 7) is 5.03. The number of anilines is 1. The number of hydrogen-bond acceptors (Lipinski definition) is 3. The predicted octanol–water partition coefficient (Wildman–Crippen LogP) is 4.25. The van der Waals surface area contributed by atoms with Gasteiger partial charge in [-0.1, -0.05) is 15.9 Å². The molecule has 0 unspecified atom stereocenters. The summed E-state index contributed by atoms with van der Waals surface area (Å²) in [5.74, 6) is 0. The third-order valence-corrected chi connectivity index (χ3v) is 4.69. The molecule has 2 amide bonds. The molecule has 0 fully saturated rings. The predicted molar refractivity (Wildman–Crippen MR) is 98.6 cm³/mol. The summed E-state index contributed by atoms with van der Waals surface area (Å²) in [6, 6.07) is 2.90. The van der Waals surface area contributed by atoms with Crippen LogP contribution >= 0.6 is 15.9 Å². The van der Waals surface area contributed by atoms with Gasteiger partial charge < -0.3 is 15.4 Å². The topological polar surface area (TPSA) is 68.2 Å². The van der Waals surface area contributed by atoms with Gasteiger partial charge in [0.1, 0.15) is 0 Å². The molecule has 2 N–H and O–H groups in total. The Morgan fingerprint density at radius 1 is 1.33 bits per heavy atom. The third kappa shape index (κ3) is 5.46. The van der Waals surface area contributed by atoms with Crippen LogP contribution in [0.15, 0.2) is 22.7 Å². The number of alkyl halides is 3. The van der Waals surface area contributed by atoms with Crippen molar-refractivity contribution in [3.8, 4) is 0 Å². The first kappa shape index (κ1) is 21.2. The number of nitrogens with zero attached hydrogens (tertiary/aromatic N) is 2. The molecule has 1 heterocycles. The standard InChI is InChI=1S/C17H20BrF3N4O2/c1-10-13(11(2)25(24-10)6-7-27-3)9-22-16(26)23-12-4-5-15(18)14(8-12)17(19,20)21/h4-5,8H,6-7,9H2,1-3H3,(H2,22,23,26). The SMILES string of the molecule is COCCn1nc(C)c(CNC(=O)Nc2ccc(Br)c(C(F)(F)F)c2)c1C. The number of hydrogen-bond donors (Lipinski definition) is 2. The van der Waals surface area contributed by atoms with E-state index in [1.807, 2.05) is 13.8 Å². The number of urea groups is 1. The molecule has 1 aromatic heterocycles. The third-order valence-electron chi connectivity index (χ3n) is 3.99. The second-order valence-corrected chi connectivity index (χ2v) is 6.72. The molecule has 10 heteroatoms. The molecular weight excluding hydrogens is 429 g/mol. The van der Waals surface area contributed by atoms with E-state index >= 15 is 0 Å². The van der Waals surface area contributed by atoms with E-state index in [0.29, 0.717) is 13.2 Å². The molecule has 1 aromatic carbocycles. The molecule has 0 bridgehead atoms. The van der Waals surface area contributed by atoms with Crippen molar-refractivity contribution < 1.29 is 22.7 Å². The molecule has 0 saturated carbocycles. The number of carbonyl (C=O) groups is 1. The van der Waals surface area contributed by atoms with Crippen LogP contribution in [0.5, 0.6) is 0 Å². The minimum Gasteiger partial charge on any atom is -0.383 e. The Hall–Kier alpha value is -2.07. The number of methoxy groups -OCH3 is 1. The average molecular weight is 449 g/mol. The van der Waals surface area contributed by atoms with E-state index < -0.39 is 17.8 Å². The van der Waals surface area contributed by atoms with Crippen LogP contribution in [0, 0.1) is 13.8 Å². The molecule has 0 aliphatic rings. The van der Waals surface area contributed by atoms with E-state index in [2.05, 4.69) is 31.7 Å². The lowest BCUT2D eigenvalue weighted by atomic mass is 10.2. The van der Waals surface area contributed by atoms with E-state index in [1.54, 1.807) is 11.8 Å². The average Bonchev–Trinajstić information content (AvgIpc) is 2.85. The first-order valence-electron chi connectivity index (χ1n) is 8.07. The molecule has 0 radical (unpaired) electrons. The molecule has 0 aliphatic heterocycles. The van der Waals surface area contributed by atoms with Crippen molar-refractivity contribution >= 4 is 27.6 Å². The van der Waals surface area contributed by atoms with Crippen molar-refractivity contribution in [2.75, 3.05) is 19.0 Å². The number of benzene rings is 1. The number of ether oxygens (including phenoxy) is 1. The summed E-state index contributed by atoms with van der Waals surface area (Å²) in [4.78, 5) is 12.1. The number of amides is 2. The lowest BCUT2D eigenvalue weighted by Gasteiger charge is -2.12. The number of aryl methyl sites for hydroxylation is 1. The quantitative estimate of drug-likeness (QED) is 0.693. The van der Waals surface area contributed by atoms with Crippen LogP contribution in [0.4, 0.5) is 23.7 Å². The second kappa shape index (κ2) is 8.75. The number of carbonyl (C=O) groups excluding carboxylic acids is 1. The molecule has 2 rings (SSSR count). The van der Waals surface area contributed by atoms with Gasteiger partial charge in [0.2, 0.25) is 0 Å². The number of aromatic nitrogens is 2. The van der Waals surface area contributed by atoms with E-state index in [1.165, 1.54) is 12.1 Å². The molecular formula is C17H20BrF3N4O2. The second-order valence-electron chi connectivity index (χ2n) is 5.87. The van der Waals surface area contributed by atoms with Crippen molar-refractivity contribution in [1.29, 1.82) is 0 Å². The molecule has 0 spiro atoms. The smallest absolute Gasteiger partial charge is 0.383 e. The summed E-state index contributed by atoms with van der Waals surface area (Å²) in [5.41, 5.74) is 1.71. The van der Waals surface area contributed by atoms with Gasteiger partial charge >= 0.3 is 12.2 Å².